The summed E-state index contributed by atoms with van der Waals surface area (Å²) in [5, 5.41) is 0.971. The largest absolute Gasteiger partial charge is 0.443 e. The zero-order valence-corrected chi connectivity index (χ0v) is 9.55. The van der Waals surface area contributed by atoms with Crippen LogP contribution in [0.3, 0.4) is 0 Å². The Labute approximate surface area is 97.6 Å². The third kappa shape index (κ3) is 2.26. The van der Waals surface area contributed by atoms with E-state index in [0.29, 0.717) is 22.8 Å². The van der Waals surface area contributed by atoms with Crippen LogP contribution in [0.1, 0.15) is 9.88 Å². The first-order chi connectivity index (χ1) is 7.50. The maximum absolute atomic E-state index is 12.3. The summed E-state index contributed by atoms with van der Waals surface area (Å²) in [4.78, 5) is 4.82. The molecule has 2 rings (SSSR count). The van der Waals surface area contributed by atoms with Gasteiger partial charge in [0.1, 0.15) is 0 Å². The molecular weight excluding hydrogens is 257 g/mol. The summed E-state index contributed by atoms with van der Waals surface area (Å²) in [6, 6.07) is 1.79. The van der Waals surface area contributed by atoms with Crippen LogP contribution in [0.4, 0.5) is 13.2 Å². The first kappa shape index (κ1) is 11.6. The average molecular weight is 264 g/mol. The molecule has 0 aromatic carbocycles. The number of thiazole rings is 1. The second-order valence-corrected chi connectivity index (χ2v) is 5.06. The van der Waals surface area contributed by atoms with Gasteiger partial charge in [0.25, 0.3) is 0 Å². The van der Waals surface area contributed by atoms with Gasteiger partial charge in [-0.15, -0.1) is 22.7 Å². The van der Waals surface area contributed by atoms with Crippen LogP contribution in [0.25, 0.3) is 10.4 Å². The lowest BCUT2D eigenvalue weighted by Gasteiger charge is -1.98. The van der Waals surface area contributed by atoms with E-state index in [1.54, 1.807) is 11.4 Å². The summed E-state index contributed by atoms with van der Waals surface area (Å²) in [5.41, 5.74) is 6.18. The van der Waals surface area contributed by atoms with Gasteiger partial charge in [-0.25, -0.2) is 4.98 Å². The van der Waals surface area contributed by atoms with Crippen LogP contribution in [0.5, 0.6) is 0 Å². The van der Waals surface area contributed by atoms with Crippen molar-refractivity contribution in [2.75, 3.05) is 0 Å². The predicted octanol–water partition coefficient (Wildman–Crippen LogP) is 3.35. The minimum absolute atomic E-state index is 0.398. The van der Waals surface area contributed by atoms with Crippen LogP contribution in [-0.4, -0.2) is 4.98 Å². The summed E-state index contributed by atoms with van der Waals surface area (Å²) in [6.45, 7) is 0.398. The van der Waals surface area contributed by atoms with Gasteiger partial charge in [-0.1, -0.05) is 0 Å². The van der Waals surface area contributed by atoms with E-state index in [-0.39, 0.29) is 0 Å². The van der Waals surface area contributed by atoms with E-state index in [0.717, 1.165) is 10.4 Å². The fourth-order valence-corrected chi connectivity index (χ4v) is 2.77. The Morgan fingerprint density at radius 3 is 2.62 bits per heavy atom. The molecule has 7 heteroatoms. The van der Waals surface area contributed by atoms with E-state index in [4.69, 9.17) is 5.73 Å². The summed E-state index contributed by atoms with van der Waals surface area (Å²) < 4.78 is 37.0. The van der Waals surface area contributed by atoms with Crippen LogP contribution in [0.2, 0.25) is 0 Å². The Morgan fingerprint density at radius 1 is 1.38 bits per heavy atom. The Hall–Kier alpha value is -0.920. The summed E-state index contributed by atoms with van der Waals surface area (Å²) in [6.07, 6.45) is -3.12. The van der Waals surface area contributed by atoms with E-state index in [9.17, 15) is 13.2 Å². The zero-order valence-electron chi connectivity index (χ0n) is 7.91. The van der Waals surface area contributed by atoms with Gasteiger partial charge in [-0.05, 0) is 11.4 Å². The van der Waals surface area contributed by atoms with Crippen LogP contribution < -0.4 is 5.73 Å². The van der Waals surface area contributed by atoms with Gasteiger partial charge in [-0.2, -0.15) is 13.2 Å². The molecule has 2 aromatic heterocycles. The van der Waals surface area contributed by atoms with E-state index in [1.807, 2.05) is 0 Å². The van der Waals surface area contributed by atoms with Gasteiger partial charge in [-0.3, -0.25) is 0 Å². The Balaban J connectivity index is 2.31. The van der Waals surface area contributed by atoms with Gasteiger partial charge >= 0.3 is 6.18 Å². The molecule has 0 unspecified atom stereocenters. The van der Waals surface area contributed by atoms with Crippen molar-refractivity contribution in [3.05, 3.63) is 27.5 Å². The van der Waals surface area contributed by atoms with E-state index in [2.05, 4.69) is 4.98 Å². The highest BCUT2D eigenvalue weighted by Gasteiger charge is 2.34. The number of thiophene rings is 1. The minimum Gasteiger partial charge on any atom is -0.326 e. The lowest BCUT2D eigenvalue weighted by molar-refractivity contribution is -0.137. The highest BCUT2D eigenvalue weighted by atomic mass is 32.1. The van der Waals surface area contributed by atoms with Gasteiger partial charge in [0, 0.05) is 23.2 Å². The Kier molecular flexibility index (Phi) is 3.00. The molecule has 2 aromatic rings. The molecule has 0 aliphatic carbocycles. The number of hydrogen-bond acceptors (Lipinski definition) is 4. The lowest BCUT2D eigenvalue weighted by Crippen LogP contribution is -2.02. The second-order valence-electron chi connectivity index (χ2n) is 3.03. The highest BCUT2D eigenvalue weighted by Crippen LogP contribution is 2.37. The predicted molar refractivity (Wildman–Crippen MR) is 58.3 cm³/mol. The maximum atomic E-state index is 12.3. The summed E-state index contributed by atoms with van der Waals surface area (Å²) >= 11 is 2.08. The number of aromatic nitrogens is 1. The summed E-state index contributed by atoms with van der Waals surface area (Å²) in [5.74, 6) is 0. The molecule has 0 fully saturated rings. The molecule has 0 atom stereocenters. The molecule has 2 N–H and O–H groups in total. The molecular formula is C9H7F3N2S2. The van der Waals surface area contributed by atoms with Crippen molar-refractivity contribution in [2.24, 2.45) is 5.73 Å². The van der Waals surface area contributed by atoms with Gasteiger partial charge in [0.15, 0.2) is 5.01 Å². The minimum atomic E-state index is -4.37. The highest BCUT2D eigenvalue weighted by molar-refractivity contribution is 7.16. The average Bonchev–Trinajstić information content (AvgIpc) is 2.85. The molecule has 0 aliphatic heterocycles. The van der Waals surface area contributed by atoms with Crippen molar-refractivity contribution in [3.8, 4) is 10.4 Å². The molecule has 0 spiro atoms. The zero-order chi connectivity index (χ0) is 11.8. The fraction of sp³-hybridized carbons (Fsp3) is 0.222. The van der Waals surface area contributed by atoms with E-state index >= 15 is 0 Å². The molecule has 0 amide bonds. The van der Waals surface area contributed by atoms with Crippen LogP contribution in [-0.2, 0) is 12.7 Å². The number of alkyl halides is 3. The first-order valence-corrected chi connectivity index (χ1v) is 6.01. The van der Waals surface area contributed by atoms with Crippen molar-refractivity contribution in [3.63, 3.8) is 0 Å². The third-order valence-corrected chi connectivity index (χ3v) is 3.94. The molecule has 0 aliphatic rings. The molecule has 0 bridgehead atoms. The van der Waals surface area contributed by atoms with E-state index < -0.39 is 11.2 Å². The van der Waals surface area contributed by atoms with Crippen LogP contribution in [0, 0.1) is 0 Å². The topological polar surface area (TPSA) is 38.9 Å². The maximum Gasteiger partial charge on any atom is 0.443 e. The number of nitrogens with zero attached hydrogens (tertiary/aromatic N) is 1. The smallest absolute Gasteiger partial charge is 0.326 e. The van der Waals surface area contributed by atoms with Crippen LogP contribution >= 0.6 is 22.7 Å². The monoisotopic (exact) mass is 264 g/mol. The van der Waals surface area contributed by atoms with Crippen molar-refractivity contribution in [2.45, 2.75) is 12.7 Å². The Bertz CT molecular complexity index is 487. The molecule has 16 heavy (non-hydrogen) atoms. The number of nitrogens with two attached hydrogens (primary N) is 1. The van der Waals surface area contributed by atoms with Crippen LogP contribution in [0.15, 0.2) is 17.6 Å². The molecule has 2 nitrogen and oxygen atoms in total. The van der Waals surface area contributed by atoms with Crippen molar-refractivity contribution >= 4 is 22.7 Å². The normalized spacial score (nSPS) is 12.0. The Morgan fingerprint density at radius 2 is 2.12 bits per heavy atom. The lowest BCUT2D eigenvalue weighted by atomic mass is 10.3. The number of halogens is 3. The fourth-order valence-electron chi connectivity index (χ4n) is 1.16. The van der Waals surface area contributed by atoms with Gasteiger partial charge < -0.3 is 5.73 Å². The number of rotatable bonds is 2. The first-order valence-electron chi connectivity index (χ1n) is 4.31. The molecule has 0 radical (unpaired) electrons. The standard InChI is InChI=1S/C9H7F3N2S2/c10-9(11,12)8-14-3-7(16-8)5-1-6(2-13)15-4-5/h1,3-4H,2,13H2. The SMILES string of the molecule is NCc1cc(-c2cnc(C(F)(F)F)s2)cs1. The number of hydrogen-bond donors (Lipinski definition) is 1. The molecule has 86 valence electrons. The third-order valence-electron chi connectivity index (χ3n) is 1.89. The van der Waals surface area contributed by atoms with Gasteiger partial charge in [0.05, 0.1) is 4.88 Å². The molecule has 2 heterocycles. The van der Waals surface area contributed by atoms with Crippen molar-refractivity contribution in [1.29, 1.82) is 0 Å². The molecule has 0 saturated heterocycles. The summed E-state index contributed by atoms with van der Waals surface area (Å²) in [7, 11) is 0. The molecule has 0 saturated carbocycles. The van der Waals surface area contributed by atoms with Gasteiger partial charge in [0.2, 0.25) is 0 Å². The quantitative estimate of drug-likeness (QED) is 0.903. The van der Waals surface area contributed by atoms with E-state index in [1.165, 1.54) is 17.5 Å². The second kappa shape index (κ2) is 4.15. The van der Waals surface area contributed by atoms with Crippen molar-refractivity contribution in [1.82, 2.24) is 4.98 Å². The van der Waals surface area contributed by atoms with Crippen molar-refractivity contribution < 1.29 is 13.2 Å².